The van der Waals surface area contributed by atoms with Gasteiger partial charge in [-0.25, -0.2) is 0 Å². The SMILES string of the molecule is CCNC(=NCC(C)(C)N1CCOCC1)NCC(CC)CC. The van der Waals surface area contributed by atoms with Crippen LogP contribution in [0.25, 0.3) is 0 Å². The summed E-state index contributed by atoms with van der Waals surface area (Å²) in [5, 5.41) is 6.85. The van der Waals surface area contributed by atoms with Crippen LogP contribution in [-0.4, -0.2) is 62.3 Å². The molecule has 0 radical (unpaired) electrons. The zero-order valence-electron chi connectivity index (χ0n) is 15.2. The Bertz CT molecular complexity index is 321. The Morgan fingerprint density at radius 1 is 1.14 bits per heavy atom. The molecule has 22 heavy (non-hydrogen) atoms. The standard InChI is InChI=1S/C17H36N4O/c1-6-15(7-2)13-19-16(18-8-3)20-14-17(4,5)21-9-11-22-12-10-21/h15H,6-14H2,1-5H3,(H2,18,19,20). The van der Waals surface area contributed by atoms with Crippen molar-refractivity contribution < 1.29 is 4.74 Å². The quantitative estimate of drug-likeness (QED) is 0.532. The van der Waals surface area contributed by atoms with E-state index in [1.54, 1.807) is 0 Å². The van der Waals surface area contributed by atoms with E-state index in [1.807, 2.05) is 0 Å². The average molecular weight is 313 g/mol. The lowest BCUT2D eigenvalue weighted by molar-refractivity contribution is -0.00683. The van der Waals surface area contributed by atoms with Crippen LogP contribution in [0.4, 0.5) is 0 Å². The van der Waals surface area contributed by atoms with Crippen LogP contribution in [0.1, 0.15) is 47.5 Å². The highest BCUT2D eigenvalue weighted by Gasteiger charge is 2.28. The van der Waals surface area contributed by atoms with Gasteiger partial charge in [-0.05, 0) is 26.7 Å². The molecule has 5 heteroatoms. The van der Waals surface area contributed by atoms with Crippen LogP contribution in [0.3, 0.4) is 0 Å². The number of hydrogen-bond acceptors (Lipinski definition) is 3. The molecule has 0 aromatic heterocycles. The summed E-state index contributed by atoms with van der Waals surface area (Å²) in [6.07, 6.45) is 2.42. The van der Waals surface area contributed by atoms with Crippen LogP contribution < -0.4 is 10.6 Å². The number of nitrogens with zero attached hydrogens (tertiary/aromatic N) is 2. The maximum absolute atomic E-state index is 5.45. The molecule has 1 aliphatic heterocycles. The third-order valence-corrected chi connectivity index (χ3v) is 4.55. The number of aliphatic imine (C=N–C) groups is 1. The minimum atomic E-state index is 0.0705. The van der Waals surface area contributed by atoms with Gasteiger partial charge in [0.05, 0.1) is 19.8 Å². The third-order valence-electron chi connectivity index (χ3n) is 4.55. The van der Waals surface area contributed by atoms with Crippen LogP contribution in [0.5, 0.6) is 0 Å². The average Bonchev–Trinajstić information content (AvgIpc) is 2.54. The second-order valence-corrected chi connectivity index (χ2v) is 6.67. The van der Waals surface area contributed by atoms with Crippen LogP contribution in [0.2, 0.25) is 0 Å². The van der Waals surface area contributed by atoms with Gasteiger partial charge in [0.1, 0.15) is 0 Å². The van der Waals surface area contributed by atoms with Gasteiger partial charge in [0, 0.05) is 31.7 Å². The Morgan fingerprint density at radius 3 is 2.32 bits per heavy atom. The van der Waals surface area contributed by atoms with E-state index in [1.165, 1.54) is 12.8 Å². The van der Waals surface area contributed by atoms with Crippen molar-refractivity contribution in [1.29, 1.82) is 0 Å². The lowest BCUT2D eigenvalue weighted by atomic mass is 10.0. The summed E-state index contributed by atoms with van der Waals surface area (Å²) < 4.78 is 5.45. The van der Waals surface area contributed by atoms with Crippen molar-refractivity contribution >= 4 is 5.96 Å². The Balaban J connectivity index is 2.55. The maximum atomic E-state index is 5.45. The summed E-state index contributed by atoms with van der Waals surface area (Å²) in [5.74, 6) is 1.66. The zero-order valence-corrected chi connectivity index (χ0v) is 15.2. The molecule has 1 fully saturated rings. The molecule has 0 aromatic rings. The summed E-state index contributed by atoms with van der Waals surface area (Å²) in [4.78, 5) is 7.29. The lowest BCUT2D eigenvalue weighted by Crippen LogP contribution is -2.52. The fourth-order valence-electron chi connectivity index (χ4n) is 2.70. The fourth-order valence-corrected chi connectivity index (χ4v) is 2.70. The number of ether oxygens (including phenoxy) is 1. The van der Waals surface area contributed by atoms with Gasteiger partial charge in [-0.1, -0.05) is 26.7 Å². The van der Waals surface area contributed by atoms with Gasteiger partial charge in [0.25, 0.3) is 0 Å². The topological polar surface area (TPSA) is 48.9 Å². The van der Waals surface area contributed by atoms with Crippen molar-refractivity contribution in [2.75, 3.05) is 45.9 Å². The third kappa shape index (κ3) is 6.53. The molecule has 0 spiro atoms. The molecule has 0 atom stereocenters. The Labute approximate surface area is 136 Å². The molecular formula is C17H36N4O. The van der Waals surface area contributed by atoms with Gasteiger partial charge in [0.15, 0.2) is 5.96 Å². The van der Waals surface area contributed by atoms with Gasteiger partial charge in [-0.15, -0.1) is 0 Å². The number of guanidine groups is 1. The van der Waals surface area contributed by atoms with Crippen molar-refractivity contribution in [3.8, 4) is 0 Å². The molecule has 1 saturated heterocycles. The van der Waals surface area contributed by atoms with Gasteiger partial charge in [0.2, 0.25) is 0 Å². The fraction of sp³-hybridized carbons (Fsp3) is 0.941. The van der Waals surface area contributed by atoms with Crippen molar-refractivity contribution in [3.05, 3.63) is 0 Å². The predicted octanol–water partition coefficient (Wildman–Crippen LogP) is 2.09. The highest BCUT2D eigenvalue weighted by Crippen LogP contribution is 2.16. The van der Waals surface area contributed by atoms with E-state index in [2.05, 4.69) is 50.2 Å². The zero-order chi connectivity index (χ0) is 16.4. The molecule has 0 saturated carbocycles. The van der Waals surface area contributed by atoms with Crippen LogP contribution >= 0.6 is 0 Å². The molecule has 1 heterocycles. The van der Waals surface area contributed by atoms with E-state index in [9.17, 15) is 0 Å². The Morgan fingerprint density at radius 2 is 1.77 bits per heavy atom. The van der Waals surface area contributed by atoms with Gasteiger partial charge in [-0.3, -0.25) is 9.89 Å². The number of rotatable bonds is 8. The monoisotopic (exact) mass is 312 g/mol. The summed E-state index contributed by atoms with van der Waals surface area (Å²) in [5.41, 5.74) is 0.0705. The number of nitrogens with one attached hydrogen (secondary N) is 2. The van der Waals surface area contributed by atoms with E-state index in [0.29, 0.717) is 0 Å². The van der Waals surface area contributed by atoms with E-state index in [0.717, 1.165) is 57.8 Å². The van der Waals surface area contributed by atoms with E-state index in [-0.39, 0.29) is 5.54 Å². The molecule has 130 valence electrons. The number of hydrogen-bond donors (Lipinski definition) is 2. The van der Waals surface area contributed by atoms with Crippen LogP contribution in [0.15, 0.2) is 4.99 Å². The highest BCUT2D eigenvalue weighted by atomic mass is 16.5. The minimum Gasteiger partial charge on any atom is -0.379 e. The first-order chi connectivity index (χ1) is 10.5. The number of morpholine rings is 1. The molecule has 0 aromatic carbocycles. The summed E-state index contributed by atoms with van der Waals surface area (Å²) in [6.45, 7) is 17.5. The van der Waals surface area contributed by atoms with E-state index >= 15 is 0 Å². The minimum absolute atomic E-state index is 0.0705. The first-order valence-corrected chi connectivity index (χ1v) is 8.88. The predicted molar refractivity (Wildman–Crippen MR) is 94.5 cm³/mol. The molecule has 0 aliphatic carbocycles. The van der Waals surface area contributed by atoms with Crippen LogP contribution in [-0.2, 0) is 4.74 Å². The van der Waals surface area contributed by atoms with E-state index < -0.39 is 0 Å². The Kier molecular flexibility index (Phi) is 8.79. The highest BCUT2D eigenvalue weighted by molar-refractivity contribution is 5.79. The largest absolute Gasteiger partial charge is 0.379 e. The molecule has 5 nitrogen and oxygen atoms in total. The summed E-state index contributed by atoms with van der Waals surface area (Å²) >= 11 is 0. The normalized spacial score (nSPS) is 17.8. The second kappa shape index (κ2) is 10.1. The van der Waals surface area contributed by atoms with Crippen molar-refractivity contribution in [3.63, 3.8) is 0 Å². The van der Waals surface area contributed by atoms with Gasteiger partial charge >= 0.3 is 0 Å². The van der Waals surface area contributed by atoms with Gasteiger partial charge in [-0.2, -0.15) is 0 Å². The first-order valence-electron chi connectivity index (χ1n) is 8.88. The lowest BCUT2D eigenvalue weighted by Gasteiger charge is -2.40. The molecule has 0 bridgehead atoms. The smallest absolute Gasteiger partial charge is 0.191 e. The van der Waals surface area contributed by atoms with Crippen molar-refractivity contribution in [2.24, 2.45) is 10.9 Å². The molecule has 1 aliphatic rings. The molecule has 0 unspecified atom stereocenters. The first kappa shape index (κ1) is 19.2. The molecular weight excluding hydrogens is 276 g/mol. The molecule has 1 rings (SSSR count). The molecule has 2 N–H and O–H groups in total. The summed E-state index contributed by atoms with van der Waals surface area (Å²) in [7, 11) is 0. The van der Waals surface area contributed by atoms with Crippen LogP contribution in [0, 0.1) is 5.92 Å². The second-order valence-electron chi connectivity index (χ2n) is 6.67. The summed E-state index contributed by atoms with van der Waals surface area (Å²) in [6, 6.07) is 0. The van der Waals surface area contributed by atoms with Gasteiger partial charge < -0.3 is 15.4 Å². The van der Waals surface area contributed by atoms with Crippen molar-refractivity contribution in [1.82, 2.24) is 15.5 Å². The van der Waals surface area contributed by atoms with E-state index in [4.69, 9.17) is 9.73 Å². The molecule has 0 amide bonds. The van der Waals surface area contributed by atoms with Crippen molar-refractivity contribution in [2.45, 2.75) is 53.0 Å². The Hall–Kier alpha value is -0.810. The maximum Gasteiger partial charge on any atom is 0.191 e.